The molecule has 1 atom stereocenters. The van der Waals surface area contributed by atoms with Gasteiger partial charge in [-0.3, -0.25) is 0 Å². The van der Waals surface area contributed by atoms with Crippen molar-refractivity contribution in [2.45, 2.75) is 45.6 Å². The molecule has 0 aromatic heterocycles. The Morgan fingerprint density at radius 1 is 1.28 bits per heavy atom. The lowest BCUT2D eigenvalue weighted by Crippen LogP contribution is -2.15. The van der Waals surface area contributed by atoms with Crippen LogP contribution in [-0.2, 0) is 19.4 Å². The van der Waals surface area contributed by atoms with Crippen LogP contribution in [0.1, 0.15) is 42.9 Å². The van der Waals surface area contributed by atoms with E-state index in [1.807, 2.05) is 0 Å². The molecule has 1 aromatic carbocycles. The molecule has 0 aliphatic heterocycles. The van der Waals surface area contributed by atoms with Crippen LogP contribution in [-0.4, -0.2) is 12.4 Å². The highest BCUT2D eigenvalue weighted by Gasteiger charge is 2.10. The number of aryl methyl sites for hydroxylation is 2. The molecule has 1 aliphatic rings. The maximum atomic E-state index is 5.79. The summed E-state index contributed by atoms with van der Waals surface area (Å²) < 4.78 is 0. The highest BCUT2D eigenvalue weighted by molar-refractivity contribution is 6.18. The first-order valence-electron chi connectivity index (χ1n) is 7.17. The maximum Gasteiger partial charge on any atom is 0.0249 e. The second kappa shape index (κ2) is 7.16. The zero-order valence-corrected chi connectivity index (χ0v) is 12.1. The smallest absolute Gasteiger partial charge is 0.0249 e. The van der Waals surface area contributed by atoms with E-state index in [9.17, 15) is 0 Å². The van der Waals surface area contributed by atoms with E-state index < -0.39 is 0 Å². The first-order valence-corrected chi connectivity index (χ1v) is 7.70. The zero-order valence-electron chi connectivity index (χ0n) is 11.3. The number of alkyl halides is 1. The van der Waals surface area contributed by atoms with Gasteiger partial charge in [-0.05, 0) is 61.3 Å². The maximum absolute atomic E-state index is 5.79. The van der Waals surface area contributed by atoms with Crippen LogP contribution in [0.15, 0.2) is 18.2 Å². The molecule has 0 heterocycles. The van der Waals surface area contributed by atoms with Gasteiger partial charge in [0.1, 0.15) is 0 Å². The van der Waals surface area contributed by atoms with Crippen LogP contribution >= 0.6 is 11.6 Å². The van der Waals surface area contributed by atoms with Gasteiger partial charge >= 0.3 is 0 Å². The quantitative estimate of drug-likeness (QED) is 0.582. The van der Waals surface area contributed by atoms with Crippen LogP contribution in [0.3, 0.4) is 0 Å². The molecular formula is C16H24ClN. The van der Waals surface area contributed by atoms with Gasteiger partial charge in [0.15, 0.2) is 0 Å². The monoisotopic (exact) mass is 265 g/mol. The molecule has 18 heavy (non-hydrogen) atoms. The number of nitrogens with one attached hydrogen (secondary N) is 1. The van der Waals surface area contributed by atoms with Gasteiger partial charge in [0.05, 0.1) is 0 Å². The average Bonchev–Trinajstić information content (AvgIpc) is 2.85. The third-order valence-corrected chi connectivity index (χ3v) is 4.33. The predicted octanol–water partition coefficient (Wildman–Crippen LogP) is 3.92. The summed E-state index contributed by atoms with van der Waals surface area (Å²) in [5, 5.41) is 3.53. The standard InChI is InChI=1S/C16H24ClN/c1-13(11-17)4-3-9-18-12-14-7-8-15-5-2-6-16(15)10-14/h7-8,10,13,18H,2-6,9,11-12H2,1H3. The van der Waals surface area contributed by atoms with E-state index in [0.29, 0.717) is 5.92 Å². The molecule has 0 bridgehead atoms. The lowest BCUT2D eigenvalue weighted by Gasteiger charge is -2.09. The first-order chi connectivity index (χ1) is 8.79. The number of hydrogen-bond acceptors (Lipinski definition) is 1. The number of benzene rings is 1. The number of halogens is 1. The molecule has 0 spiro atoms. The van der Waals surface area contributed by atoms with Crippen LogP contribution in [0, 0.1) is 5.92 Å². The lowest BCUT2D eigenvalue weighted by atomic mass is 10.1. The number of rotatable bonds is 7. The summed E-state index contributed by atoms with van der Waals surface area (Å²) in [7, 11) is 0. The van der Waals surface area contributed by atoms with Crippen molar-refractivity contribution in [2.75, 3.05) is 12.4 Å². The molecule has 1 aromatic rings. The van der Waals surface area contributed by atoms with E-state index in [1.54, 1.807) is 11.1 Å². The molecule has 2 rings (SSSR count). The lowest BCUT2D eigenvalue weighted by molar-refractivity contribution is 0.531. The molecule has 0 saturated carbocycles. The van der Waals surface area contributed by atoms with Crippen molar-refractivity contribution in [1.82, 2.24) is 5.32 Å². The van der Waals surface area contributed by atoms with Crippen LogP contribution in [0.4, 0.5) is 0 Å². The van der Waals surface area contributed by atoms with E-state index in [4.69, 9.17) is 11.6 Å². The highest BCUT2D eigenvalue weighted by atomic mass is 35.5. The van der Waals surface area contributed by atoms with Crippen molar-refractivity contribution in [3.05, 3.63) is 34.9 Å². The molecule has 0 fully saturated rings. The minimum Gasteiger partial charge on any atom is -0.313 e. The van der Waals surface area contributed by atoms with Crippen molar-refractivity contribution in [3.63, 3.8) is 0 Å². The van der Waals surface area contributed by atoms with E-state index in [2.05, 4.69) is 30.4 Å². The first kappa shape index (κ1) is 13.9. The van der Waals surface area contributed by atoms with Gasteiger partial charge < -0.3 is 5.32 Å². The summed E-state index contributed by atoms with van der Waals surface area (Å²) in [6.07, 6.45) is 6.33. The second-order valence-electron chi connectivity index (χ2n) is 5.54. The predicted molar refractivity (Wildman–Crippen MR) is 79.3 cm³/mol. The van der Waals surface area contributed by atoms with E-state index >= 15 is 0 Å². The van der Waals surface area contributed by atoms with Gasteiger partial charge in [0.25, 0.3) is 0 Å². The Hall–Kier alpha value is -0.530. The topological polar surface area (TPSA) is 12.0 Å². The van der Waals surface area contributed by atoms with Gasteiger partial charge in [-0.1, -0.05) is 25.1 Å². The minimum atomic E-state index is 0.647. The SMILES string of the molecule is CC(CCl)CCCNCc1ccc2c(c1)CCC2. The summed E-state index contributed by atoms with van der Waals surface area (Å²) in [5.41, 5.74) is 4.57. The second-order valence-corrected chi connectivity index (χ2v) is 5.84. The van der Waals surface area contributed by atoms with Gasteiger partial charge in [-0.25, -0.2) is 0 Å². The Kier molecular flexibility index (Phi) is 5.52. The van der Waals surface area contributed by atoms with Crippen LogP contribution in [0.5, 0.6) is 0 Å². The Balaban J connectivity index is 1.68. The molecular weight excluding hydrogens is 242 g/mol. The third-order valence-electron chi connectivity index (χ3n) is 3.81. The van der Waals surface area contributed by atoms with Gasteiger partial charge in [-0.2, -0.15) is 0 Å². The Morgan fingerprint density at radius 2 is 2.11 bits per heavy atom. The van der Waals surface area contributed by atoms with Gasteiger partial charge in [0.2, 0.25) is 0 Å². The normalized spacial score (nSPS) is 15.7. The van der Waals surface area contributed by atoms with E-state index in [0.717, 1.165) is 19.0 Å². The fraction of sp³-hybridized carbons (Fsp3) is 0.625. The van der Waals surface area contributed by atoms with Crippen molar-refractivity contribution >= 4 is 11.6 Å². The minimum absolute atomic E-state index is 0.647. The molecule has 0 amide bonds. The molecule has 2 heteroatoms. The molecule has 0 radical (unpaired) electrons. The largest absolute Gasteiger partial charge is 0.313 e. The molecule has 1 N–H and O–H groups in total. The number of fused-ring (bicyclic) bond motifs is 1. The fourth-order valence-electron chi connectivity index (χ4n) is 2.62. The molecule has 1 nitrogen and oxygen atoms in total. The van der Waals surface area contributed by atoms with Gasteiger partial charge in [0, 0.05) is 12.4 Å². The zero-order chi connectivity index (χ0) is 12.8. The fourth-order valence-corrected chi connectivity index (χ4v) is 2.77. The average molecular weight is 266 g/mol. The van der Waals surface area contributed by atoms with Crippen LogP contribution in [0.2, 0.25) is 0 Å². The molecule has 100 valence electrons. The Bertz CT molecular complexity index is 375. The third kappa shape index (κ3) is 4.00. The van der Waals surface area contributed by atoms with Gasteiger partial charge in [-0.15, -0.1) is 11.6 Å². The summed E-state index contributed by atoms with van der Waals surface area (Å²) >= 11 is 5.79. The van der Waals surface area contributed by atoms with Crippen molar-refractivity contribution in [3.8, 4) is 0 Å². The summed E-state index contributed by atoms with van der Waals surface area (Å²) in [4.78, 5) is 0. The summed E-state index contributed by atoms with van der Waals surface area (Å²) in [6, 6.07) is 6.98. The van der Waals surface area contributed by atoms with Crippen LogP contribution in [0.25, 0.3) is 0 Å². The molecule has 1 aliphatic carbocycles. The van der Waals surface area contributed by atoms with E-state index in [1.165, 1.54) is 37.7 Å². The summed E-state index contributed by atoms with van der Waals surface area (Å²) in [5.74, 6) is 1.43. The van der Waals surface area contributed by atoms with Crippen LogP contribution < -0.4 is 5.32 Å². The van der Waals surface area contributed by atoms with Crippen molar-refractivity contribution in [2.24, 2.45) is 5.92 Å². The van der Waals surface area contributed by atoms with E-state index in [-0.39, 0.29) is 0 Å². The molecule has 0 saturated heterocycles. The van der Waals surface area contributed by atoms with Crippen molar-refractivity contribution < 1.29 is 0 Å². The Labute approximate surface area is 116 Å². The van der Waals surface area contributed by atoms with Crippen molar-refractivity contribution in [1.29, 1.82) is 0 Å². The number of hydrogen-bond donors (Lipinski definition) is 1. The molecule has 1 unspecified atom stereocenters. The Morgan fingerprint density at radius 3 is 2.94 bits per heavy atom. The summed E-state index contributed by atoms with van der Waals surface area (Å²) in [6.45, 7) is 4.31. The highest BCUT2D eigenvalue weighted by Crippen LogP contribution is 2.22.